The molecule has 0 bridgehead atoms. The molecule has 1 aromatic rings. The summed E-state index contributed by atoms with van der Waals surface area (Å²) in [6.07, 6.45) is 4.54. The van der Waals surface area contributed by atoms with Gasteiger partial charge in [0.15, 0.2) is 5.78 Å². The fraction of sp³-hybridized carbons (Fsp3) is 0.500. The Kier molecular flexibility index (Phi) is 5.23. The van der Waals surface area contributed by atoms with Crippen LogP contribution in [-0.2, 0) is 4.79 Å². The summed E-state index contributed by atoms with van der Waals surface area (Å²) in [5.41, 5.74) is 3.93. The second-order valence-electron chi connectivity index (χ2n) is 6.33. The predicted molar refractivity (Wildman–Crippen MR) is 89.0 cm³/mol. The molecule has 1 aromatic carbocycles. The van der Waals surface area contributed by atoms with Gasteiger partial charge >= 0.3 is 0 Å². The van der Waals surface area contributed by atoms with Crippen molar-refractivity contribution in [3.8, 4) is 0 Å². The van der Waals surface area contributed by atoms with E-state index >= 15 is 0 Å². The van der Waals surface area contributed by atoms with Crippen molar-refractivity contribution < 1.29 is 4.79 Å². The molecule has 0 saturated heterocycles. The zero-order valence-electron chi connectivity index (χ0n) is 12.8. The molecular formula is C18H24ClNO. The molecule has 0 amide bonds. The van der Waals surface area contributed by atoms with E-state index in [1.165, 1.54) is 24.0 Å². The summed E-state index contributed by atoms with van der Waals surface area (Å²) in [5, 5.41) is 0. The number of rotatable bonds is 3. The number of carbonyl (C=O) groups excluding carboxylic acids is 1. The summed E-state index contributed by atoms with van der Waals surface area (Å²) < 4.78 is 0. The average molecular weight is 306 g/mol. The van der Waals surface area contributed by atoms with Crippen molar-refractivity contribution in [2.75, 3.05) is 20.6 Å². The zero-order chi connectivity index (χ0) is 14.1. The van der Waals surface area contributed by atoms with Crippen molar-refractivity contribution in [1.29, 1.82) is 0 Å². The number of ketones is 1. The lowest BCUT2D eigenvalue weighted by Crippen LogP contribution is -2.29. The van der Waals surface area contributed by atoms with E-state index in [1.54, 1.807) is 0 Å². The molecule has 114 valence electrons. The number of carbonyl (C=O) groups is 1. The second-order valence-corrected chi connectivity index (χ2v) is 6.33. The zero-order valence-corrected chi connectivity index (χ0v) is 13.7. The Morgan fingerprint density at radius 2 is 1.76 bits per heavy atom. The summed E-state index contributed by atoms with van der Waals surface area (Å²) in [7, 11) is 4.12. The molecule has 0 saturated carbocycles. The van der Waals surface area contributed by atoms with E-state index in [0.29, 0.717) is 11.7 Å². The first-order valence-corrected chi connectivity index (χ1v) is 7.64. The lowest BCUT2D eigenvalue weighted by atomic mass is 9.82. The molecule has 21 heavy (non-hydrogen) atoms. The van der Waals surface area contributed by atoms with Gasteiger partial charge in [-0.25, -0.2) is 0 Å². The first-order chi connectivity index (χ1) is 9.68. The molecule has 0 fully saturated rings. The quantitative estimate of drug-likeness (QED) is 0.846. The third-order valence-electron chi connectivity index (χ3n) is 4.64. The van der Waals surface area contributed by atoms with Crippen LogP contribution in [0.15, 0.2) is 41.5 Å². The number of benzene rings is 1. The number of nitrogens with zero attached hydrogens (tertiary/aromatic N) is 1. The smallest absolute Gasteiger partial charge is 0.164 e. The molecular weight excluding hydrogens is 282 g/mol. The SMILES string of the molecule is CN(C)CC1C(=O)C2=C(CCCC2)C1c1ccccc1.Cl. The molecule has 0 heterocycles. The molecule has 0 radical (unpaired) electrons. The molecule has 2 atom stereocenters. The first-order valence-electron chi connectivity index (χ1n) is 7.64. The van der Waals surface area contributed by atoms with Gasteiger partial charge in [0, 0.05) is 18.4 Å². The molecule has 0 aromatic heterocycles. The van der Waals surface area contributed by atoms with Gasteiger partial charge in [-0.05, 0) is 50.9 Å². The first kappa shape index (κ1) is 16.3. The maximum absolute atomic E-state index is 12.8. The van der Waals surface area contributed by atoms with Gasteiger partial charge in [0.1, 0.15) is 0 Å². The van der Waals surface area contributed by atoms with Crippen molar-refractivity contribution in [2.45, 2.75) is 31.6 Å². The number of hydrogen-bond donors (Lipinski definition) is 0. The van der Waals surface area contributed by atoms with E-state index in [0.717, 1.165) is 25.0 Å². The highest BCUT2D eigenvalue weighted by Crippen LogP contribution is 2.47. The maximum Gasteiger partial charge on any atom is 0.164 e. The van der Waals surface area contributed by atoms with Gasteiger partial charge in [-0.3, -0.25) is 4.79 Å². The summed E-state index contributed by atoms with van der Waals surface area (Å²) in [6.45, 7) is 0.853. The van der Waals surface area contributed by atoms with Crippen LogP contribution in [0.4, 0.5) is 0 Å². The fourth-order valence-electron chi connectivity index (χ4n) is 3.85. The number of Topliss-reactive ketones (excluding diaryl/α,β-unsaturated/α-hetero) is 1. The molecule has 2 aliphatic rings. The molecule has 0 N–H and O–H groups in total. The van der Waals surface area contributed by atoms with Crippen molar-refractivity contribution in [3.05, 3.63) is 47.0 Å². The third kappa shape index (κ3) is 3.07. The van der Waals surface area contributed by atoms with E-state index < -0.39 is 0 Å². The highest BCUT2D eigenvalue weighted by atomic mass is 35.5. The highest BCUT2D eigenvalue weighted by molar-refractivity contribution is 6.02. The Morgan fingerprint density at radius 1 is 1.10 bits per heavy atom. The highest BCUT2D eigenvalue weighted by Gasteiger charge is 2.42. The fourth-order valence-corrected chi connectivity index (χ4v) is 3.85. The van der Waals surface area contributed by atoms with E-state index in [9.17, 15) is 4.79 Å². The predicted octanol–water partition coefficient (Wildman–Crippen LogP) is 3.82. The van der Waals surface area contributed by atoms with Crippen LogP contribution in [0.5, 0.6) is 0 Å². The van der Waals surface area contributed by atoms with Crippen LogP contribution >= 0.6 is 12.4 Å². The van der Waals surface area contributed by atoms with Crippen LogP contribution < -0.4 is 0 Å². The van der Waals surface area contributed by atoms with Gasteiger partial charge in [0.25, 0.3) is 0 Å². The Labute approximate surface area is 133 Å². The Hall–Kier alpha value is -1.12. The molecule has 2 nitrogen and oxygen atoms in total. The number of allylic oxidation sites excluding steroid dienone is 2. The van der Waals surface area contributed by atoms with Gasteiger partial charge in [0.2, 0.25) is 0 Å². The van der Waals surface area contributed by atoms with Gasteiger partial charge in [0.05, 0.1) is 0 Å². The van der Waals surface area contributed by atoms with Crippen molar-refractivity contribution >= 4 is 18.2 Å². The number of halogens is 1. The molecule has 2 unspecified atom stereocenters. The van der Waals surface area contributed by atoms with Crippen LogP contribution in [0.25, 0.3) is 0 Å². The van der Waals surface area contributed by atoms with Gasteiger partial charge in [-0.1, -0.05) is 35.9 Å². The topological polar surface area (TPSA) is 20.3 Å². The van der Waals surface area contributed by atoms with Gasteiger partial charge < -0.3 is 4.90 Å². The monoisotopic (exact) mass is 305 g/mol. The largest absolute Gasteiger partial charge is 0.309 e. The Balaban J connectivity index is 0.00000161. The number of hydrogen-bond acceptors (Lipinski definition) is 2. The molecule has 2 aliphatic carbocycles. The van der Waals surface area contributed by atoms with E-state index in [2.05, 4.69) is 49.3 Å². The third-order valence-corrected chi connectivity index (χ3v) is 4.64. The summed E-state index contributed by atoms with van der Waals surface area (Å²) in [6, 6.07) is 10.6. The Morgan fingerprint density at radius 3 is 2.43 bits per heavy atom. The van der Waals surface area contributed by atoms with Crippen molar-refractivity contribution in [2.24, 2.45) is 5.92 Å². The van der Waals surface area contributed by atoms with Gasteiger partial charge in [-0.15, -0.1) is 12.4 Å². The van der Waals surface area contributed by atoms with Crippen LogP contribution in [0, 0.1) is 5.92 Å². The standard InChI is InChI=1S/C18H23NO.ClH/c1-19(2)12-16-17(13-8-4-3-5-9-13)14-10-6-7-11-15(14)18(16)20;/h3-5,8-9,16-17H,6-7,10-12H2,1-2H3;1H. The maximum atomic E-state index is 12.8. The van der Waals surface area contributed by atoms with Crippen LogP contribution in [0.2, 0.25) is 0 Å². The minimum Gasteiger partial charge on any atom is -0.309 e. The normalized spacial score (nSPS) is 25.0. The van der Waals surface area contributed by atoms with Gasteiger partial charge in [-0.2, -0.15) is 0 Å². The summed E-state index contributed by atoms with van der Waals surface area (Å²) in [5.74, 6) is 0.860. The van der Waals surface area contributed by atoms with Crippen molar-refractivity contribution in [3.63, 3.8) is 0 Å². The van der Waals surface area contributed by atoms with Crippen molar-refractivity contribution in [1.82, 2.24) is 4.90 Å². The van der Waals surface area contributed by atoms with E-state index in [-0.39, 0.29) is 18.3 Å². The van der Waals surface area contributed by atoms with E-state index in [4.69, 9.17) is 0 Å². The molecule has 3 rings (SSSR count). The minimum absolute atomic E-state index is 0. The molecule has 3 heteroatoms. The van der Waals surface area contributed by atoms with E-state index in [1.807, 2.05) is 0 Å². The lowest BCUT2D eigenvalue weighted by molar-refractivity contribution is -0.119. The second kappa shape index (κ2) is 6.76. The van der Waals surface area contributed by atoms with Crippen LogP contribution in [0.1, 0.15) is 37.2 Å². The molecule has 0 spiro atoms. The minimum atomic E-state index is 0. The Bertz CT molecular complexity index is 535. The lowest BCUT2D eigenvalue weighted by Gasteiger charge is -2.25. The van der Waals surface area contributed by atoms with Crippen LogP contribution in [0.3, 0.4) is 0 Å². The molecule has 0 aliphatic heterocycles. The van der Waals surface area contributed by atoms with Crippen LogP contribution in [-0.4, -0.2) is 31.3 Å². The average Bonchev–Trinajstić information content (AvgIpc) is 2.73. The summed E-state index contributed by atoms with van der Waals surface area (Å²) in [4.78, 5) is 14.9. The summed E-state index contributed by atoms with van der Waals surface area (Å²) >= 11 is 0.